The molecule has 1 heterocycles. The van der Waals surface area contributed by atoms with Gasteiger partial charge in [-0.3, -0.25) is 4.79 Å². The Morgan fingerprint density at radius 1 is 1.08 bits per heavy atom. The van der Waals surface area contributed by atoms with Gasteiger partial charge < -0.3 is 19.7 Å². The normalized spacial score (nSPS) is 18.5. The van der Waals surface area contributed by atoms with Crippen LogP contribution in [-0.2, 0) is 4.79 Å². The van der Waals surface area contributed by atoms with Crippen molar-refractivity contribution >= 4 is 5.91 Å². The summed E-state index contributed by atoms with van der Waals surface area (Å²) in [5, 5.41) is 3.64. The van der Waals surface area contributed by atoms with Crippen LogP contribution in [-0.4, -0.2) is 49.7 Å². The first-order valence-electron chi connectivity index (χ1n) is 9.11. The number of ether oxygens (including phenoxy) is 2. The summed E-state index contributed by atoms with van der Waals surface area (Å²) in [5.41, 5.74) is 0. The maximum atomic E-state index is 12.3. The van der Waals surface area contributed by atoms with Crippen molar-refractivity contribution in [3.8, 4) is 11.5 Å². The third kappa shape index (κ3) is 5.13. The number of rotatable bonds is 8. The summed E-state index contributed by atoms with van der Waals surface area (Å²) >= 11 is 0. The Kier molecular flexibility index (Phi) is 5.96. The van der Waals surface area contributed by atoms with Gasteiger partial charge in [-0.1, -0.05) is 0 Å². The van der Waals surface area contributed by atoms with Crippen molar-refractivity contribution in [2.45, 2.75) is 38.6 Å². The van der Waals surface area contributed by atoms with Crippen LogP contribution >= 0.6 is 0 Å². The predicted molar refractivity (Wildman–Crippen MR) is 93.4 cm³/mol. The standard InChI is InChI=1S/C19H28N2O3/c1-2-23-17-5-7-18(8-6-17)24-14-19(22)21-11-9-16(10-12-21)20-13-15-3-4-15/h5-8,15-16,20H,2-4,9-14H2,1H3. The number of nitrogens with one attached hydrogen (secondary N) is 1. The number of likely N-dealkylation sites (tertiary alicyclic amines) is 1. The molecule has 3 rings (SSSR count). The van der Waals surface area contributed by atoms with Crippen LogP contribution in [0.15, 0.2) is 24.3 Å². The lowest BCUT2D eigenvalue weighted by Crippen LogP contribution is -2.46. The molecule has 0 atom stereocenters. The van der Waals surface area contributed by atoms with Gasteiger partial charge in [-0.25, -0.2) is 0 Å². The van der Waals surface area contributed by atoms with Gasteiger partial charge in [0.2, 0.25) is 0 Å². The molecule has 5 nitrogen and oxygen atoms in total. The van der Waals surface area contributed by atoms with Crippen molar-refractivity contribution in [3.05, 3.63) is 24.3 Å². The third-order valence-electron chi connectivity index (χ3n) is 4.74. The van der Waals surface area contributed by atoms with Crippen molar-refractivity contribution in [1.82, 2.24) is 10.2 Å². The molecule has 1 amide bonds. The molecule has 0 radical (unpaired) electrons. The first kappa shape index (κ1) is 17.1. The van der Waals surface area contributed by atoms with Crippen molar-refractivity contribution in [2.75, 3.05) is 32.8 Å². The second-order valence-corrected chi connectivity index (χ2v) is 6.70. The minimum atomic E-state index is 0.0736. The molecular formula is C19H28N2O3. The number of benzene rings is 1. The summed E-state index contributed by atoms with van der Waals surface area (Å²) in [6, 6.07) is 7.97. The van der Waals surface area contributed by atoms with E-state index in [4.69, 9.17) is 9.47 Å². The lowest BCUT2D eigenvalue weighted by Gasteiger charge is -2.32. The van der Waals surface area contributed by atoms with Gasteiger partial charge in [-0.15, -0.1) is 0 Å². The molecule has 1 aliphatic carbocycles. The molecule has 1 N–H and O–H groups in total. The number of hydrogen-bond donors (Lipinski definition) is 1. The fourth-order valence-corrected chi connectivity index (χ4v) is 3.02. The smallest absolute Gasteiger partial charge is 0.260 e. The summed E-state index contributed by atoms with van der Waals surface area (Å²) in [4.78, 5) is 14.2. The van der Waals surface area contributed by atoms with Crippen LogP contribution in [0.3, 0.4) is 0 Å². The molecule has 132 valence electrons. The van der Waals surface area contributed by atoms with E-state index in [1.807, 2.05) is 36.1 Å². The summed E-state index contributed by atoms with van der Waals surface area (Å²) < 4.78 is 11.0. The number of hydrogen-bond acceptors (Lipinski definition) is 4. The van der Waals surface area contributed by atoms with E-state index in [0.29, 0.717) is 18.4 Å². The number of nitrogens with zero attached hydrogens (tertiary/aromatic N) is 1. The Hall–Kier alpha value is -1.75. The molecule has 0 aromatic heterocycles. The van der Waals surface area contributed by atoms with Gasteiger partial charge in [0, 0.05) is 19.1 Å². The second kappa shape index (κ2) is 8.38. The number of amides is 1. The lowest BCUT2D eigenvalue weighted by molar-refractivity contribution is -0.134. The largest absolute Gasteiger partial charge is 0.494 e. The average molecular weight is 332 g/mol. The number of carbonyl (C=O) groups excluding carboxylic acids is 1. The van der Waals surface area contributed by atoms with Crippen LogP contribution in [0.4, 0.5) is 0 Å². The van der Waals surface area contributed by atoms with Crippen LogP contribution in [0.5, 0.6) is 11.5 Å². The number of piperidine rings is 1. The van der Waals surface area contributed by atoms with E-state index in [-0.39, 0.29) is 12.5 Å². The first-order valence-corrected chi connectivity index (χ1v) is 9.11. The van der Waals surface area contributed by atoms with Crippen LogP contribution in [0.1, 0.15) is 32.6 Å². The predicted octanol–water partition coefficient (Wildman–Crippen LogP) is 2.45. The molecule has 0 spiro atoms. The molecule has 1 saturated heterocycles. The van der Waals surface area contributed by atoms with Gasteiger partial charge in [-0.2, -0.15) is 0 Å². The zero-order valence-corrected chi connectivity index (χ0v) is 14.5. The van der Waals surface area contributed by atoms with E-state index in [1.54, 1.807) is 0 Å². The summed E-state index contributed by atoms with van der Waals surface area (Å²) in [6.07, 6.45) is 4.85. The Labute approximate surface area is 144 Å². The van der Waals surface area contributed by atoms with E-state index in [9.17, 15) is 4.79 Å². The van der Waals surface area contributed by atoms with Crippen molar-refractivity contribution in [3.63, 3.8) is 0 Å². The minimum Gasteiger partial charge on any atom is -0.494 e. The molecule has 1 aromatic carbocycles. The topological polar surface area (TPSA) is 50.8 Å². The van der Waals surface area contributed by atoms with E-state index >= 15 is 0 Å². The van der Waals surface area contributed by atoms with Crippen LogP contribution in [0.25, 0.3) is 0 Å². The molecular weight excluding hydrogens is 304 g/mol. The minimum absolute atomic E-state index is 0.0736. The molecule has 1 saturated carbocycles. The Morgan fingerprint density at radius 2 is 1.71 bits per heavy atom. The zero-order valence-electron chi connectivity index (χ0n) is 14.5. The Morgan fingerprint density at radius 3 is 2.29 bits per heavy atom. The highest BCUT2D eigenvalue weighted by Gasteiger charge is 2.26. The summed E-state index contributed by atoms with van der Waals surface area (Å²) in [7, 11) is 0. The molecule has 1 aromatic rings. The molecule has 1 aliphatic heterocycles. The van der Waals surface area contributed by atoms with E-state index in [0.717, 1.165) is 44.1 Å². The van der Waals surface area contributed by atoms with E-state index in [1.165, 1.54) is 12.8 Å². The van der Waals surface area contributed by atoms with E-state index < -0.39 is 0 Å². The molecule has 24 heavy (non-hydrogen) atoms. The molecule has 2 aliphatic rings. The highest BCUT2D eigenvalue weighted by Crippen LogP contribution is 2.28. The second-order valence-electron chi connectivity index (χ2n) is 6.70. The van der Waals surface area contributed by atoms with Crippen molar-refractivity contribution < 1.29 is 14.3 Å². The molecule has 0 bridgehead atoms. The highest BCUT2D eigenvalue weighted by molar-refractivity contribution is 5.77. The van der Waals surface area contributed by atoms with Gasteiger partial charge in [0.15, 0.2) is 6.61 Å². The van der Waals surface area contributed by atoms with Crippen LogP contribution < -0.4 is 14.8 Å². The number of carbonyl (C=O) groups is 1. The summed E-state index contributed by atoms with van der Waals surface area (Å²) in [5.74, 6) is 2.50. The van der Waals surface area contributed by atoms with Gasteiger partial charge >= 0.3 is 0 Å². The quantitative estimate of drug-likeness (QED) is 0.794. The van der Waals surface area contributed by atoms with Crippen LogP contribution in [0.2, 0.25) is 0 Å². The fourth-order valence-electron chi connectivity index (χ4n) is 3.02. The van der Waals surface area contributed by atoms with Crippen LogP contribution in [0, 0.1) is 5.92 Å². The van der Waals surface area contributed by atoms with Gasteiger partial charge in [0.05, 0.1) is 6.61 Å². The first-order chi connectivity index (χ1) is 11.7. The SMILES string of the molecule is CCOc1ccc(OCC(=O)N2CCC(NCC3CC3)CC2)cc1. The maximum Gasteiger partial charge on any atom is 0.260 e. The average Bonchev–Trinajstić information content (AvgIpc) is 3.44. The van der Waals surface area contributed by atoms with Crippen molar-refractivity contribution in [2.24, 2.45) is 5.92 Å². The Balaban J connectivity index is 1.36. The third-order valence-corrected chi connectivity index (χ3v) is 4.74. The van der Waals surface area contributed by atoms with E-state index in [2.05, 4.69) is 5.32 Å². The molecule has 0 unspecified atom stereocenters. The maximum absolute atomic E-state index is 12.3. The van der Waals surface area contributed by atoms with Gasteiger partial charge in [0.25, 0.3) is 5.91 Å². The van der Waals surface area contributed by atoms with Gasteiger partial charge in [-0.05, 0) is 69.3 Å². The lowest BCUT2D eigenvalue weighted by atomic mass is 10.0. The van der Waals surface area contributed by atoms with Gasteiger partial charge in [0.1, 0.15) is 11.5 Å². The molecule has 5 heteroatoms. The Bertz CT molecular complexity index is 520. The highest BCUT2D eigenvalue weighted by atomic mass is 16.5. The monoisotopic (exact) mass is 332 g/mol. The fraction of sp³-hybridized carbons (Fsp3) is 0.632. The summed E-state index contributed by atoms with van der Waals surface area (Å²) in [6.45, 7) is 5.51. The van der Waals surface area contributed by atoms with Crippen molar-refractivity contribution in [1.29, 1.82) is 0 Å². The zero-order chi connectivity index (χ0) is 16.8. The molecule has 2 fully saturated rings.